The molecule has 2 aliphatic rings. The summed E-state index contributed by atoms with van der Waals surface area (Å²) in [6, 6.07) is 0. The van der Waals surface area contributed by atoms with E-state index in [2.05, 4.69) is 38.2 Å². The van der Waals surface area contributed by atoms with Crippen molar-refractivity contribution in [1.29, 1.82) is 0 Å². The molecule has 0 aromatic rings. The normalized spacial score (nSPS) is 22.1. The van der Waals surface area contributed by atoms with Crippen LogP contribution in [0.5, 0.6) is 0 Å². The van der Waals surface area contributed by atoms with E-state index in [9.17, 15) is 0 Å². The van der Waals surface area contributed by atoms with Gasteiger partial charge in [0.1, 0.15) is 0 Å². The van der Waals surface area contributed by atoms with Crippen LogP contribution in [-0.4, -0.2) is 0 Å². The van der Waals surface area contributed by atoms with Gasteiger partial charge < -0.3 is 0 Å². The molecule has 0 heteroatoms. The molecule has 14 heavy (non-hydrogen) atoms. The number of hydrogen-bond acceptors (Lipinski definition) is 0. The Balaban J connectivity index is 2.38. The second kappa shape index (κ2) is 4.00. The third-order valence-corrected chi connectivity index (χ3v) is 3.17. The molecule has 0 N–H and O–H groups in total. The van der Waals surface area contributed by atoms with E-state index in [0.717, 1.165) is 0 Å². The minimum absolute atomic E-state index is 1.22. The minimum Gasteiger partial charge on any atom is -0.0839 e. The van der Waals surface area contributed by atoms with Crippen LogP contribution in [0.3, 0.4) is 0 Å². The van der Waals surface area contributed by atoms with E-state index >= 15 is 0 Å². The summed E-state index contributed by atoms with van der Waals surface area (Å²) in [5, 5.41) is 0. The fourth-order valence-electron chi connectivity index (χ4n) is 2.35. The molecule has 0 spiro atoms. The summed E-state index contributed by atoms with van der Waals surface area (Å²) in [5.41, 5.74) is 6.16. The Labute approximate surface area is 86.7 Å². The highest BCUT2D eigenvalue weighted by Crippen LogP contribution is 2.32. The van der Waals surface area contributed by atoms with E-state index in [-0.39, 0.29) is 0 Å². The van der Waals surface area contributed by atoms with Gasteiger partial charge in [-0.1, -0.05) is 24.3 Å². The first-order chi connectivity index (χ1) is 6.79. The van der Waals surface area contributed by atoms with E-state index < -0.39 is 0 Å². The van der Waals surface area contributed by atoms with Crippen molar-refractivity contribution in [2.75, 3.05) is 0 Å². The molecular formula is C14H18. The Bertz CT molecular complexity index is 312. The maximum atomic E-state index is 2.29. The van der Waals surface area contributed by atoms with Crippen molar-refractivity contribution >= 4 is 0 Å². The van der Waals surface area contributed by atoms with Gasteiger partial charge in [-0.25, -0.2) is 0 Å². The second-order valence-electron chi connectivity index (χ2n) is 4.21. The van der Waals surface area contributed by atoms with Crippen LogP contribution in [0.2, 0.25) is 0 Å². The summed E-state index contributed by atoms with van der Waals surface area (Å²) in [5.74, 6) is 0. The Hall–Kier alpha value is -1.04. The number of allylic oxidation sites excluding steroid dienone is 8. The van der Waals surface area contributed by atoms with Crippen molar-refractivity contribution in [1.82, 2.24) is 0 Å². The summed E-state index contributed by atoms with van der Waals surface area (Å²) in [6.07, 6.45) is 14.0. The van der Waals surface area contributed by atoms with Crippen molar-refractivity contribution in [3.63, 3.8) is 0 Å². The molecule has 0 aromatic carbocycles. The summed E-state index contributed by atoms with van der Waals surface area (Å²) >= 11 is 0. The number of hydrogen-bond donors (Lipinski definition) is 0. The fourth-order valence-corrected chi connectivity index (χ4v) is 2.35. The number of rotatable bonds is 1. The lowest BCUT2D eigenvalue weighted by molar-refractivity contribution is 0.872. The molecule has 0 unspecified atom stereocenters. The van der Waals surface area contributed by atoms with Crippen LogP contribution in [0, 0.1) is 0 Å². The monoisotopic (exact) mass is 186 g/mol. The Morgan fingerprint density at radius 2 is 1.21 bits per heavy atom. The molecule has 2 aliphatic carbocycles. The molecule has 0 fully saturated rings. The van der Waals surface area contributed by atoms with Gasteiger partial charge in [0.25, 0.3) is 0 Å². The highest BCUT2D eigenvalue weighted by atomic mass is 14.2. The van der Waals surface area contributed by atoms with Crippen LogP contribution in [0.1, 0.15) is 39.5 Å². The third kappa shape index (κ3) is 1.75. The van der Waals surface area contributed by atoms with Crippen molar-refractivity contribution in [3.8, 4) is 0 Å². The van der Waals surface area contributed by atoms with Gasteiger partial charge in [0.15, 0.2) is 0 Å². The van der Waals surface area contributed by atoms with Gasteiger partial charge in [-0.05, 0) is 61.8 Å². The van der Waals surface area contributed by atoms with E-state index in [0.29, 0.717) is 0 Å². The van der Waals surface area contributed by atoms with E-state index in [1.54, 1.807) is 11.1 Å². The molecule has 0 amide bonds. The summed E-state index contributed by atoms with van der Waals surface area (Å²) < 4.78 is 0. The molecule has 0 atom stereocenters. The van der Waals surface area contributed by atoms with Crippen LogP contribution < -0.4 is 0 Å². The molecule has 0 heterocycles. The lowest BCUT2D eigenvalue weighted by Crippen LogP contribution is -2.01. The zero-order valence-corrected chi connectivity index (χ0v) is 9.14. The van der Waals surface area contributed by atoms with Crippen LogP contribution >= 0.6 is 0 Å². The van der Waals surface area contributed by atoms with E-state index in [4.69, 9.17) is 0 Å². The van der Waals surface area contributed by atoms with Gasteiger partial charge in [-0.3, -0.25) is 0 Å². The predicted molar refractivity (Wildman–Crippen MR) is 62.1 cm³/mol. The highest BCUT2D eigenvalue weighted by molar-refractivity contribution is 5.47. The van der Waals surface area contributed by atoms with Gasteiger partial charge in [0.05, 0.1) is 0 Å². The lowest BCUT2D eigenvalue weighted by Gasteiger charge is -2.20. The van der Waals surface area contributed by atoms with Crippen LogP contribution in [0.4, 0.5) is 0 Å². The smallest absolute Gasteiger partial charge is 0.0239 e. The third-order valence-electron chi connectivity index (χ3n) is 3.17. The molecular weight excluding hydrogens is 168 g/mol. The quantitative estimate of drug-likeness (QED) is 0.572. The zero-order valence-electron chi connectivity index (χ0n) is 9.14. The SMILES string of the molecule is CC1=C(C2=C(C)C=CCC2)CCC=C1. The molecule has 0 radical (unpaired) electrons. The standard InChI is InChI=1S/C14H18/c1-11-7-3-5-9-13(11)14-10-6-4-8-12(14)2/h3-4,7-8H,5-6,9-10H2,1-2H3. The molecule has 0 bridgehead atoms. The maximum Gasteiger partial charge on any atom is -0.0239 e. The predicted octanol–water partition coefficient (Wildman–Crippen LogP) is 4.32. The van der Waals surface area contributed by atoms with Crippen molar-refractivity contribution in [3.05, 3.63) is 46.6 Å². The molecule has 0 nitrogen and oxygen atoms in total. The van der Waals surface area contributed by atoms with Gasteiger partial charge in [0.2, 0.25) is 0 Å². The van der Waals surface area contributed by atoms with Gasteiger partial charge in [-0.15, -0.1) is 0 Å². The van der Waals surface area contributed by atoms with Crippen LogP contribution in [-0.2, 0) is 0 Å². The molecule has 74 valence electrons. The van der Waals surface area contributed by atoms with Crippen molar-refractivity contribution < 1.29 is 0 Å². The van der Waals surface area contributed by atoms with Crippen LogP contribution in [0.15, 0.2) is 46.6 Å². The molecule has 0 aromatic heterocycles. The summed E-state index contributed by atoms with van der Waals surface area (Å²) in [4.78, 5) is 0. The Morgan fingerprint density at radius 3 is 1.57 bits per heavy atom. The van der Waals surface area contributed by atoms with E-state index in [1.807, 2.05) is 0 Å². The van der Waals surface area contributed by atoms with E-state index in [1.165, 1.54) is 36.8 Å². The van der Waals surface area contributed by atoms with Gasteiger partial charge >= 0.3 is 0 Å². The molecule has 2 rings (SSSR count). The zero-order chi connectivity index (χ0) is 9.97. The first-order valence-corrected chi connectivity index (χ1v) is 5.52. The first-order valence-electron chi connectivity index (χ1n) is 5.52. The first kappa shape index (κ1) is 9.51. The molecule has 0 saturated carbocycles. The molecule has 0 saturated heterocycles. The average molecular weight is 186 g/mol. The van der Waals surface area contributed by atoms with Crippen molar-refractivity contribution in [2.45, 2.75) is 39.5 Å². The second-order valence-corrected chi connectivity index (χ2v) is 4.21. The fraction of sp³-hybridized carbons (Fsp3) is 0.429. The summed E-state index contributed by atoms with van der Waals surface area (Å²) in [7, 11) is 0. The van der Waals surface area contributed by atoms with Gasteiger partial charge in [-0.2, -0.15) is 0 Å². The average Bonchev–Trinajstić information content (AvgIpc) is 2.20. The highest BCUT2D eigenvalue weighted by Gasteiger charge is 2.13. The topological polar surface area (TPSA) is 0 Å². The largest absolute Gasteiger partial charge is 0.0839 e. The summed E-state index contributed by atoms with van der Waals surface area (Å²) in [6.45, 7) is 4.48. The maximum absolute atomic E-state index is 2.29. The Morgan fingerprint density at radius 1 is 0.786 bits per heavy atom. The minimum atomic E-state index is 1.22. The Kier molecular flexibility index (Phi) is 2.72. The lowest BCUT2D eigenvalue weighted by atomic mass is 9.85. The van der Waals surface area contributed by atoms with Crippen LogP contribution in [0.25, 0.3) is 0 Å². The van der Waals surface area contributed by atoms with Gasteiger partial charge in [0, 0.05) is 0 Å². The van der Waals surface area contributed by atoms with Crippen molar-refractivity contribution in [2.24, 2.45) is 0 Å². The molecule has 0 aliphatic heterocycles.